The van der Waals surface area contributed by atoms with E-state index in [9.17, 15) is 4.79 Å². The molecule has 0 aliphatic rings. The molecule has 100 valence electrons. The summed E-state index contributed by atoms with van der Waals surface area (Å²) in [5, 5.41) is 3.28. The number of carbonyl (C=O) groups excluding carboxylic acids is 1. The molecule has 3 aromatic carbocycles. The van der Waals surface area contributed by atoms with Crippen molar-refractivity contribution < 1.29 is 4.79 Å². The highest BCUT2D eigenvalue weighted by atomic mass is 16.1. The van der Waals surface area contributed by atoms with Gasteiger partial charge < -0.3 is 4.98 Å². The number of ketones is 1. The third-order valence-electron chi connectivity index (χ3n) is 3.79. The Bertz CT molecular complexity index is 932. The van der Waals surface area contributed by atoms with Crippen molar-refractivity contribution in [2.45, 2.75) is 0 Å². The average Bonchev–Trinajstić information content (AvgIpc) is 2.97. The number of hydrogen-bond donors (Lipinski definition) is 1. The van der Waals surface area contributed by atoms with Gasteiger partial charge in [0.25, 0.3) is 0 Å². The standard InChI is InChI=1S/C19H13NO/c21-19(18-12-15-7-3-4-8-17(15)20-18)16-10-9-13-5-1-2-6-14(13)11-16/h1-12,20H. The topological polar surface area (TPSA) is 32.9 Å². The van der Waals surface area contributed by atoms with Gasteiger partial charge in [-0.25, -0.2) is 0 Å². The molecule has 0 spiro atoms. The van der Waals surface area contributed by atoms with Crippen molar-refractivity contribution in [3.05, 3.63) is 84.1 Å². The van der Waals surface area contributed by atoms with Crippen molar-refractivity contribution in [1.82, 2.24) is 4.98 Å². The first-order chi connectivity index (χ1) is 10.3. The highest BCUT2D eigenvalue weighted by Gasteiger charge is 2.12. The zero-order valence-electron chi connectivity index (χ0n) is 11.3. The molecule has 0 saturated heterocycles. The second-order valence-corrected chi connectivity index (χ2v) is 5.16. The van der Waals surface area contributed by atoms with E-state index >= 15 is 0 Å². The Morgan fingerprint density at radius 1 is 0.714 bits per heavy atom. The molecule has 0 aliphatic heterocycles. The van der Waals surface area contributed by atoms with Gasteiger partial charge in [-0.05, 0) is 29.0 Å². The van der Waals surface area contributed by atoms with Crippen LogP contribution in [0.2, 0.25) is 0 Å². The Hall–Kier alpha value is -2.87. The minimum Gasteiger partial charge on any atom is -0.352 e. The summed E-state index contributed by atoms with van der Waals surface area (Å²) in [6, 6.07) is 23.7. The number of H-pyrrole nitrogens is 1. The van der Waals surface area contributed by atoms with E-state index < -0.39 is 0 Å². The van der Waals surface area contributed by atoms with Crippen molar-refractivity contribution in [2.24, 2.45) is 0 Å². The molecular formula is C19H13NO. The fourth-order valence-corrected chi connectivity index (χ4v) is 2.68. The van der Waals surface area contributed by atoms with E-state index in [2.05, 4.69) is 4.98 Å². The van der Waals surface area contributed by atoms with Crippen molar-refractivity contribution in [1.29, 1.82) is 0 Å². The van der Waals surface area contributed by atoms with Gasteiger partial charge >= 0.3 is 0 Å². The lowest BCUT2D eigenvalue weighted by atomic mass is 10.0. The van der Waals surface area contributed by atoms with Crippen LogP contribution in [0.1, 0.15) is 16.1 Å². The first kappa shape index (κ1) is 11.9. The van der Waals surface area contributed by atoms with E-state index in [1.165, 1.54) is 0 Å². The van der Waals surface area contributed by atoms with Crippen LogP contribution in [0.3, 0.4) is 0 Å². The maximum absolute atomic E-state index is 12.6. The first-order valence-corrected chi connectivity index (χ1v) is 6.92. The Morgan fingerprint density at radius 2 is 1.43 bits per heavy atom. The monoisotopic (exact) mass is 271 g/mol. The smallest absolute Gasteiger partial charge is 0.209 e. The Kier molecular flexibility index (Phi) is 2.61. The number of nitrogens with one attached hydrogen (secondary N) is 1. The molecule has 0 unspecified atom stereocenters. The van der Waals surface area contributed by atoms with Crippen LogP contribution in [0.15, 0.2) is 72.8 Å². The first-order valence-electron chi connectivity index (χ1n) is 6.92. The van der Waals surface area contributed by atoms with E-state index in [0.29, 0.717) is 11.3 Å². The number of para-hydroxylation sites is 1. The van der Waals surface area contributed by atoms with Crippen molar-refractivity contribution in [2.75, 3.05) is 0 Å². The van der Waals surface area contributed by atoms with Crippen molar-refractivity contribution in [3.8, 4) is 0 Å². The third-order valence-corrected chi connectivity index (χ3v) is 3.79. The molecule has 2 heteroatoms. The van der Waals surface area contributed by atoms with Crippen LogP contribution in [-0.4, -0.2) is 10.8 Å². The number of benzene rings is 3. The number of fused-ring (bicyclic) bond motifs is 2. The summed E-state index contributed by atoms with van der Waals surface area (Å²) in [5.74, 6) is 0.0250. The molecular weight excluding hydrogens is 258 g/mol. The fraction of sp³-hybridized carbons (Fsp3) is 0. The second kappa shape index (κ2) is 4.60. The maximum Gasteiger partial charge on any atom is 0.209 e. The molecule has 0 atom stereocenters. The number of carbonyl (C=O) groups is 1. The Balaban J connectivity index is 1.81. The summed E-state index contributed by atoms with van der Waals surface area (Å²) in [4.78, 5) is 15.8. The molecule has 1 N–H and O–H groups in total. The predicted molar refractivity (Wildman–Crippen MR) is 85.7 cm³/mol. The third kappa shape index (κ3) is 2.01. The lowest BCUT2D eigenvalue weighted by Gasteiger charge is -2.01. The Morgan fingerprint density at radius 3 is 2.24 bits per heavy atom. The van der Waals surface area contributed by atoms with Gasteiger partial charge in [-0.2, -0.15) is 0 Å². The maximum atomic E-state index is 12.6. The lowest BCUT2D eigenvalue weighted by Crippen LogP contribution is -2.01. The van der Waals surface area contributed by atoms with Crippen LogP contribution < -0.4 is 0 Å². The second-order valence-electron chi connectivity index (χ2n) is 5.16. The molecule has 0 radical (unpaired) electrons. The Labute approximate surface area is 122 Å². The lowest BCUT2D eigenvalue weighted by molar-refractivity contribution is 0.103. The highest BCUT2D eigenvalue weighted by Crippen LogP contribution is 2.20. The quantitative estimate of drug-likeness (QED) is 0.533. The van der Waals surface area contributed by atoms with Gasteiger partial charge in [-0.3, -0.25) is 4.79 Å². The molecule has 0 saturated carbocycles. The van der Waals surface area contributed by atoms with Crippen LogP contribution in [0, 0.1) is 0 Å². The fourth-order valence-electron chi connectivity index (χ4n) is 2.68. The van der Waals surface area contributed by atoms with Gasteiger partial charge in [-0.1, -0.05) is 54.6 Å². The van der Waals surface area contributed by atoms with Gasteiger partial charge in [0.15, 0.2) is 0 Å². The van der Waals surface area contributed by atoms with E-state index in [4.69, 9.17) is 0 Å². The SMILES string of the molecule is O=C(c1ccc2ccccc2c1)c1cc2ccccc2[nH]1. The molecule has 21 heavy (non-hydrogen) atoms. The molecule has 2 nitrogen and oxygen atoms in total. The summed E-state index contributed by atoms with van der Waals surface area (Å²) in [7, 11) is 0. The zero-order chi connectivity index (χ0) is 14.2. The molecule has 1 heterocycles. The molecule has 1 aromatic heterocycles. The van der Waals surface area contributed by atoms with Gasteiger partial charge in [0, 0.05) is 16.5 Å². The van der Waals surface area contributed by atoms with Gasteiger partial charge in [0.1, 0.15) is 0 Å². The van der Waals surface area contributed by atoms with Crippen LogP contribution in [0.5, 0.6) is 0 Å². The summed E-state index contributed by atoms with van der Waals surface area (Å²) in [5.41, 5.74) is 2.33. The number of rotatable bonds is 2. The van der Waals surface area contributed by atoms with Crippen LogP contribution >= 0.6 is 0 Å². The summed E-state index contributed by atoms with van der Waals surface area (Å²) >= 11 is 0. The minimum absolute atomic E-state index is 0.0250. The highest BCUT2D eigenvalue weighted by molar-refractivity contribution is 6.11. The number of aromatic nitrogens is 1. The van der Waals surface area contributed by atoms with Crippen molar-refractivity contribution in [3.63, 3.8) is 0 Å². The largest absolute Gasteiger partial charge is 0.352 e. The molecule has 4 rings (SSSR count). The van der Waals surface area contributed by atoms with E-state index in [1.54, 1.807) is 0 Å². The van der Waals surface area contributed by atoms with Crippen LogP contribution in [0.25, 0.3) is 21.7 Å². The summed E-state index contributed by atoms with van der Waals surface area (Å²) < 4.78 is 0. The van der Waals surface area contributed by atoms with E-state index in [0.717, 1.165) is 21.7 Å². The average molecular weight is 271 g/mol. The molecule has 4 aromatic rings. The zero-order valence-corrected chi connectivity index (χ0v) is 11.3. The molecule has 0 aliphatic carbocycles. The predicted octanol–water partition coefficient (Wildman–Crippen LogP) is 4.55. The van der Waals surface area contributed by atoms with Crippen LogP contribution in [0.4, 0.5) is 0 Å². The van der Waals surface area contributed by atoms with E-state index in [-0.39, 0.29) is 5.78 Å². The number of aromatic amines is 1. The normalized spacial score (nSPS) is 11.0. The van der Waals surface area contributed by atoms with Gasteiger partial charge in [-0.15, -0.1) is 0 Å². The molecule has 0 fully saturated rings. The molecule has 0 bridgehead atoms. The van der Waals surface area contributed by atoms with Gasteiger partial charge in [0.05, 0.1) is 5.69 Å². The summed E-state index contributed by atoms with van der Waals surface area (Å²) in [6.45, 7) is 0. The summed E-state index contributed by atoms with van der Waals surface area (Å²) in [6.07, 6.45) is 0. The van der Waals surface area contributed by atoms with Crippen LogP contribution in [-0.2, 0) is 0 Å². The van der Waals surface area contributed by atoms with Crippen molar-refractivity contribution >= 4 is 27.5 Å². The minimum atomic E-state index is 0.0250. The van der Waals surface area contributed by atoms with Gasteiger partial charge in [0.2, 0.25) is 5.78 Å². The molecule has 0 amide bonds. The number of hydrogen-bond acceptors (Lipinski definition) is 1. The van der Waals surface area contributed by atoms with E-state index in [1.807, 2.05) is 72.8 Å².